The molecule has 0 fully saturated rings. The standard InChI is InChI=1S/C12H12N2O3/c15-12(16)8-14-7-11(6-13-14)17-9-10-4-2-1-3-5-10/h1-7H,8-9H2,(H,15,16). The summed E-state index contributed by atoms with van der Waals surface area (Å²) in [6, 6.07) is 9.73. The maximum absolute atomic E-state index is 10.5. The van der Waals surface area contributed by atoms with Crippen LogP contribution in [0.15, 0.2) is 42.7 Å². The number of carbonyl (C=O) groups is 1. The molecule has 0 saturated heterocycles. The lowest BCUT2D eigenvalue weighted by Crippen LogP contribution is -2.08. The molecular weight excluding hydrogens is 220 g/mol. The molecule has 17 heavy (non-hydrogen) atoms. The third kappa shape index (κ3) is 3.34. The number of ether oxygens (including phenoxy) is 1. The first-order valence-electron chi connectivity index (χ1n) is 5.15. The van der Waals surface area contributed by atoms with Gasteiger partial charge in [-0.05, 0) is 5.56 Å². The molecule has 0 bridgehead atoms. The number of aliphatic carboxylic acids is 1. The van der Waals surface area contributed by atoms with Gasteiger partial charge in [-0.15, -0.1) is 0 Å². The van der Waals surface area contributed by atoms with Crippen molar-refractivity contribution in [3.05, 3.63) is 48.3 Å². The Morgan fingerprint density at radius 3 is 2.82 bits per heavy atom. The first kappa shape index (κ1) is 11.2. The van der Waals surface area contributed by atoms with Gasteiger partial charge in [0.2, 0.25) is 0 Å². The van der Waals surface area contributed by atoms with Crippen LogP contribution < -0.4 is 4.74 Å². The van der Waals surface area contributed by atoms with E-state index in [1.54, 1.807) is 6.20 Å². The second-order valence-corrected chi connectivity index (χ2v) is 3.54. The highest BCUT2D eigenvalue weighted by molar-refractivity contribution is 5.66. The smallest absolute Gasteiger partial charge is 0.325 e. The van der Waals surface area contributed by atoms with E-state index in [0.717, 1.165) is 5.56 Å². The van der Waals surface area contributed by atoms with Crippen molar-refractivity contribution in [1.82, 2.24) is 9.78 Å². The summed E-state index contributed by atoms with van der Waals surface area (Å²) < 4.78 is 6.80. The second-order valence-electron chi connectivity index (χ2n) is 3.54. The zero-order valence-electron chi connectivity index (χ0n) is 9.11. The third-order valence-corrected chi connectivity index (χ3v) is 2.16. The van der Waals surface area contributed by atoms with Crippen molar-refractivity contribution >= 4 is 5.97 Å². The fourth-order valence-corrected chi connectivity index (χ4v) is 1.39. The summed E-state index contributed by atoms with van der Waals surface area (Å²) in [4.78, 5) is 10.5. The molecule has 0 aliphatic carbocycles. The molecule has 2 rings (SSSR count). The van der Waals surface area contributed by atoms with Gasteiger partial charge in [-0.25, -0.2) is 0 Å². The molecule has 0 spiro atoms. The van der Waals surface area contributed by atoms with Gasteiger partial charge < -0.3 is 9.84 Å². The second kappa shape index (κ2) is 5.16. The molecule has 88 valence electrons. The van der Waals surface area contributed by atoms with Gasteiger partial charge >= 0.3 is 5.97 Å². The van der Waals surface area contributed by atoms with Crippen molar-refractivity contribution in [1.29, 1.82) is 0 Å². The molecule has 0 aliphatic rings. The number of benzene rings is 1. The number of carboxylic acids is 1. The molecular formula is C12H12N2O3. The average Bonchev–Trinajstić information content (AvgIpc) is 2.75. The van der Waals surface area contributed by atoms with Crippen LogP contribution in [-0.4, -0.2) is 20.9 Å². The van der Waals surface area contributed by atoms with Gasteiger partial charge in [-0.1, -0.05) is 30.3 Å². The van der Waals surface area contributed by atoms with E-state index in [4.69, 9.17) is 9.84 Å². The molecule has 5 heteroatoms. The number of aromatic nitrogens is 2. The zero-order valence-corrected chi connectivity index (χ0v) is 9.11. The molecule has 5 nitrogen and oxygen atoms in total. The summed E-state index contributed by atoms with van der Waals surface area (Å²) in [5.74, 6) is -0.363. The lowest BCUT2D eigenvalue weighted by Gasteiger charge is -2.02. The van der Waals surface area contributed by atoms with Crippen molar-refractivity contribution in [2.45, 2.75) is 13.2 Å². The fraction of sp³-hybridized carbons (Fsp3) is 0.167. The van der Waals surface area contributed by atoms with Crippen molar-refractivity contribution in [2.24, 2.45) is 0 Å². The predicted molar refractivity (Wildman–Crippen MR) is 60.6 cm³/mol. The predicted octanol–water partition coefficient (Wildman–Crippen LogP) is 1.55. The topological polar surface area (TPSA) is 64.3 Å². The van der Waals surface area contributed by atoms with E-state index in [2.05, 4.69) is 5.10 Å². The molecule has 1 heterocycles. The van der Waals surface area contributed by atoms with Gasteiger partial charge in [0.05, 0.1) is 12.4 Å². The van der Waals surface area contributed by atoms with E-state index in [1.165, 1.54) is 10.9 Å². The molecule has 0 atom stereocenters. The number of nitrogens with zero attached hydrogens (tertiary/aromatic N) is 2. The molecule has 0 radical (unpaired) electrons. The summed E-state index contributed by atoms with van der Waals surface area (Å²) in [7, 11) is 0. The quantitative estimate of drug-likeness (QED) is 0.849. The zero-order chi connectivity index (χ0) is 12.1. The van der Waals surface area contributed by atoms with Gasteiger partial charge in [0.15, 0.2) is 5.75 Å². The molecule has 1 N–H and O–H groups in total. The van der Waals surface area contributed by atoms with E-state index >= 15 is 0 Å². The molecule has 2 aromatic rings. The van der Waals surface area contributed by atoms with Crippen molar-refractivity contribution in [3.63, 3.8) is 0 Å². The van der Waals surface area contributed by atoms with Gasteiger partial charge in [0.25, 0.3) is 0 Å². The maximum Gasteiger partial charge on any atom is 0.325 e. The average molecular weight is 232 g/mol. The largest absolute Gasteiger partial charge is 0.486 e. The van der Waals surface area contributed by atoms with Crippen LogP contribution in [-0.2, 0) is 17.9 Å². The van der Waals surface area contributed by atoms with Crippen LogP contribution in [0.1, 0.15) is 5.56 Å². The maximum atomic E-state index is 10.5. The molecule has 1 aromatic heterocycles. The molecule has 0 unspecified atom stereocenters. The number of hydrogen-bond donors (Lipinski definition) is 1. The SMILES string of the molecule is O=C(O)Cn1cc(OCc2ccccc2)cn1. The van der Waals surface area contributed by atoms with Gasteiger partial charge in [-0.2, -0.15) is 5.10 Å². The van der Waals surface area contributed by atoms with E-state index in [9.17, 15) is 4.79 Å². The monoisotopic (exact) mass is 232 g/mol. The van der Waals surface area contributed by atoms with E-state index in [1.807, 2.05) is 30.3 Å². The first-order valence-corrected chi connectivity index (χ1v) is 5.15. The minimum atomic E-state index is -0.928. The highest BCUT2D eigenvalue weighted by atomic mass is 16.5. The Kier molecular flexibility index (Phi) is 3.40. The highest BCUT2D eigenvalue weighted by Crippen LogP contribution is 2.11. The summed E-state index contributed by atoms with van der Waals surface area (Å²) in [6.45, 7) is 0.286. The lowest BCUT2D eigenvalue weighted by molar-refractivity contribution is -0.137. The summed E-state index contributed by atoms with van der Waals surface area (Å²) in [5, 5.41) is 12.5. The molecule has 0 aliphatic heterocycles. The van der Waals surface area contributed by atoms with Crippen molar-refractivity contribution in [2.75, 3.05) is 0 Å². The van der Waals surface area contributed by atoms with Crippen molar-refractivity contribution < 1.29 is 14.6 Å². The molecule has 0 amide bonds. The van der Waals surface area contributed by atoms with Crippen LogP contribution in [0.5, 0.6) is 5.75 Å². The summed E-state index contributed by atoms with van der Waals surface area (Å²) in [5.41, 5.74) is 1.05. The molecule has 1 aromatic carbocycles. The van der Waals surface area contributed by atoms with Gasteiger partial charge in [-0.3, -0.25) is 9.48 Å². The van der Waals surface area contributed by atoms with Crippen molar-refractivity contribution in [3.8, 4) is 5.75 Å². The van der Waals surface area contributed by atoms with E-state index < -0.39 is 5.97 Å². The van der Waals surface area contributed by atoms with E-state index in [0.29, 0.717) is 12.4 Å². The van der Waals surface area contributed by atoms with E-state index in [-0.39, 0.29) is 6.54 Å². The van der Waals surface area contributed by atoms with Gasteiger partial charge in [0, 0.05) is 0 Å². The number of rotatable bonds is 5. The Hall–Kier alpha value is -2.30. The summed E-state index contributed by atoms with van der Waals surface area (Å²) in [6.07, 6.45) is 3.07. The van der Waals surface area contributed by atoms with Crippen LogP contribution in [0.4, 0.5) is 0 Å². The fourth-order valence-electron chi connectivity index (χ4n) is 1.39. The van der Waals surface area contributed by atoms with Gasteiger partial charge in [0.1, 0.15) is 13.2 Å². The molecule has 0 saturated carbocycles. The highest BCUT2D eigenvalue weighted by Gasteiger charge is 2.03. The summed E-state index contributed by atoms with van der Waals surface area (Å²) >= 11 is 0. The van der Waals surface area contributed by atoms with Crippen LogP contribution >= 0.6 is 0 Å². The normalized spacial score (nSPS) is 10.1. The Morgan fingerprint density at radius 2 is 2.12 bits per heavy atom. The minimum absolute atomic E-state index is 0.158. The first-order chi connectivity index (χ1) is 8.24. The van der Waals surface area contributed by atoms with Crippen LogP contribution in [0.3, 0.4) is 0 Å². The number of carboxylic acid groups (broad SMARTS) is 1. The van der Waals surface area contributed by atoms with Crippen LogP contribution in [0.2, 0.25) is 0 Å². The Labute approximate surface area is 98.3 Å². The lowest BCUT2D eigenvalue weighted by atomic mass is 10.2. The Bertz CT molecular complexity index is 493. The van der Waals surface area contributed by atoms with Crippen LogP contribution in [0, 0.1) is 0 Å². The Balaban J connectivity index is 1.91. The minimum Gasteiger partial charge on any atom is -0.486 e. The number of hydrogen-bond acceptors (Lipinski definition) is 3. The Morgan fingerprint density at radius 1 is 1.35 bits per heavy atom. The third-order valence-electron chi connectivity index (χ3n) is 2.16. The van der Waals surface area contributed by atoms with Crippen LogP contribution in [0.25, 0.3) is 0 Å².